The highest BCUT2D eigenvalue weighted by Gasteiger charge is 2.44. The highest BCUT2D eigenvalue weighted by Crippen LogP contribution is 2.39. The van der Waals surface area contributed by atoms with E-state index in [1.165, 1.54) is 4.57 Å². The van der Waals surface area contributed by atoms with Crippen LogP contribution in [0, 0.1) is 5.92 Å². The Morgan fingerprint density at radius 2 is 2.32 bits per heavy atom. The summed E-state index contributed by atoms with van der Waals surface area (Å²) in [6, 6.07) is 1.63. The van der Waals surface area contributed by atoms with Crippen molar-refractivity contribution in [3.63, 3.8) is 0 Å². The maximum absolute atomic E-state index is 12.2. The first-order chi connectivity index (χ1) is 9.04. The molecule has 3 unspecified atom stereocenters. The second kappa shape index (κ2) is 4.76. The van der Waals surface area contributed by atoms with Gasteiger partial charge in [0.15, 0.2) is 0 Å². The van der Waals surface area contributed by atoms with Gasteiger partial charge in [-0.05, 0) is 41.3 Å². The molecule has 2 fully saturated rings. The van der Waals surface area contributed by atoms with Gasteiger partial charge in [0.05, 0.1) is 28.3 Å². The first kappa shape index (κ1) is 12.9. The molecule has 1 N–H and O–H groups in total. The Morgan fingerprint density at radius 3 is 2.89 bits per heavy atom. The fraction of sp³-hybridized carbons (Fsp3) is 0.538. The highest BCUT2D eigenvalue weighted by molar-refractivity contribution is 9.10. The molecule has 3 rings (SSSR count). The fourth-order valence-corrected chi connectivity index (χ4v) is 3.41. The third-order valence-corrected chi connectivity index (χ3v) is 4.42. The molecule has 1 aromatic rings. The molecular formula is C13H15BrN2O3. The molecule has 2 saturated heterocycles. The maximum Gasteiger partial charge on any atom is 0.264 e. The molecule has 0 aliphatic carbocycles. The van der Waals surface area contributed by atoms with Gasteiger partial charge in [-0.1, -0.05) is 0 Å². The normalized spacial score (nSPS) is 28.6. The number of aryl methyl sites for hydroxylation is 1. The second-order valence-corrected chi connectivity index (χ2v) is 6.05. The molecule has 1 aromatic heterocycles. The first-order valence-corrected chi connectivity index (χ1v) is 7.16. The van der Waals surface area contributed by atoms with Gasteiger partial charge in [0.2, 0.25) is 5.91 Å². The quantitative estimate of drug-likeness (QED) is 0.899. The summed E-state index contributed by atoms with van der Waals surface area (Å²) in [5, 5.41) is 2.87. The largest absolute Gasteiger partial charge is 0.374 e. The van der Waals surface area contributed by atoms with Crippen LogP contribution in [-0.2, 0) is 16.6 Å². The van der Waals surface area contributed by atoms with Gasteiger partial charge in [0.1, 0.15) is 0 Å². The first-order valence-electron chi connectivity index (χ1n) is 6.37. The second-order valence-electron chi connectivity index (χ2n) is 5.20. The van der Waals surface area contributed by atoms with Crippen LogP contribution in [0.25, 0.3) is 0 Å². The molecule has 2 aliphatic rings. The number of nitrogens with zero attached hydrogens (tertiary/aromatic N) is 1. The van der Waals surface area contributed by atoms with Gasteiger partial charge in [0, 0.05) is 13.2 Å². The predicted molar refractivity (Wildman–Crippen MR) is 74.0 cm³/mol. The molecule has 0 radical (unpaired) electrons. The van der Waals surface area contributed by atoms with Gasteiger partial charge in [-0.2, -0.15) is 0 Å². The van der Waals surface area contributed by atoms with Gasteiger partial charge in [-0.3, -0.25) is 9.59 Å². The molecule has 0 spiro atoms. The van der Waals surface area contributed by atoms with Crippen molar-refractivity contribution in [1.29, 1.82) is 0 Å². The van der Waals surface area contributed by atoms with Crippen LogP contribution < -0.4 is 10.9 Å². The number of anilines is 1. The molecule has 19 heavy (non-hydrogen) atoms. The third kappa shape index (κ3) is 2.34. The van der Waals surface area contributed by atoms with E-state index in [2.05, 4.69) is 21.2 Å². The van der Waals surface area contributed by atoms with Crippen molar-refractivity contribution in [2.45, 2.75) is 31.5 Å². The molecule has 6 heteroatoms. The standard InChI is InChI=1S/C13H15BrN2O3/c1-16-6-7(4-10(14)13(16)18)15-12(17)9-5-8-2-3-11(9)19-8/h4,6,8-9,11H,2-3,5H2,1H3,(H,15,17). The van der Waals surface area contributed by atoms with Gasteiger partial charge in [-0.25, -0.2) is 0 Å². The number of halogens is 1. The van der Waals surface area contributed by atoms with Crippen LogP contribution in [0.2, 0.25) is 0 Å². The molecule has 0 saturated carbocycles. The number of rotatable bonds is 2. The molecule has 2 bridgehead atoms. The van der Waals surface area contributed by atoms with E-state index >= 15 is 0 Å². The predicted octanol–water partition coefficient (Wildman–Crippen LogP) is 1.65. The lowest BCUT2D eigenvalue weighted by Gasteiger charge is -2.18. The van der Waals surface area contributed by atoms with Gasteiger partial charge in [0.25, 0.3) is 5.56 Å². The Hall–Kier alpha value is -1.14. The summed E-state index contributed by atoms with van der Waals surface area (Å²) in [5.74, 6) is -0.0764. The van der Waals surface area contributed by atoms with Gasteiger partial charge < -0.3 is 14.6 Å². The topological polar surface area (TPSA) is 60.3 Å². The summed E-state index contributed by atoms with van der Waals surface area (Å²) < 4.78 is 7.57. The Bertz CT molecular complexity index is 557. The molecular weight excluding hydrogens is 312 g/mol. The number of amides is 1. The van der Waals surface area contributed by atoms with Crippen LogP contribution in [0.15, 0.2) is 21.5 Å². The lowest BCUT2D eigenvalue weighted by molar-refractivity contribution is -0.121. The number of hydrogen-bond acceptors (Lipinski definition) is 3. The summed E-state index contributed by atoms with van der Waals surface area (Å²) >= 11 is 3.19. The Kier molecular flexibility index (Phi) is 3.22. The van der Waals surface area contributed by atoms with E-state index in [4.69, 9.17) is 4.74 Å². The van der Waals surface area contributed by atoms with E-state index in [0.29, 0.717) is 10.2 Å². The average molecular weight is 327 g/mol. The third-order valence-electron chi connectivity index (χ3n) is 3.85. The average Bonchev–Trinajstić information content (AvgIpc) is 2.98. The van der Waals surface area contributed by atoms with Crippen molar-refractivity contribution >= 4 is 27.5 Å². The molecule has 5 nitrogen and oxygen atoms in total. The highest BCUT2D eigenvalue weighted by atomic mass is 79.9. The molecule has 2 aliphatic heterocycles. The smallest absolute Gasteiger partial charge is 0.264 e. The Labute approximate surface area is 119 Å². The van der Waals surface area contributed by atoms with Crippen molar-refractivity contribution < 1.29 is 9.53 Å². The van der Waals surface area contributed by atoms with Gasteiger partial charge in [-0.15, -0.1) is 0 Å². The van der Waals surface area contributed by atoms with Crippen LogP contribution in [-0.4, -0.2) is 22.7 Å². The van der Waals surface area contributed by atoms with E-state index in [-0.39, 0.29) is 29.6 Å². The summed E-state index contributed by atoms with van der Waals surface area (Å²) in [7, 11) is 1.66. The number of hydrogen-bond donors (Lipinski definition) is 1. The van der Waals surface area contributed by atoms with E-state index in [9.17, 15) is 9.59 Å². The SMILES string of the molecule is Cn1cc(NC(=O)C2CC3CCC2O3)cc(Br)c1=O. The summed E-state index contributed by atoms with van der Waals surface area (Å²) in [5.41, 5.74) is 0.503. The van der Waals surface area contributed by atoms with Crippen LogP contribution in [0.5, 0.6) is 0 Å². The minimum absolute atomic E-state index is 0.0160. The van der Waals surface area contributed by atoms with E-state index < -0.39 is 0 Å². The van der Waals surface area contributed by atoms with E-state index in [0.717, 1.165) is 19.3 Å². The molecule has 3 heterocycles. The Morgan fingerprint density at radius 1 is 1.53 bits per heavy atom. The lowest BCUT2D eigenvalue weighted by Crippen LogP contribution is -2.31. The number of fused-ring (bicyclic) bond motifs is 2. The van der Waals surface area contributed by atoms with Crippen LogP contribution >= 0.6 is 15.9 Å². The van der Waals surface area contributed by atoms with Crippen molar-refractivity contribution in [3.8, 4) is 0 Å². The molecule has 0 aromatic carbocycles. The molecule has 102 valence electrons. The zero-order valence-electron chi connectivity index (χ0n) is 10.6. The van der Waals surface area contributed by atoms with E-state index in [1.807, 2.05) is 0 Å². The number of nitrogens with one attached hydrogen (secondary N) is 1. The number of pyridine rings is 1. The van der Waals surface area contributed by atoms with E-state index in [1.54, 1.807) is 19.3 Å². The fourth-order valence-electron chi connectivity index (χ4n) is 2.89. The van der Waals surface area contributed by atoms with Crippen molar-refractivity contribution in [2.24, 2.45) is 13.0 Å². The number of ether oxygens (including phenoxy) is 1. The van der Waals surface area contributed by atoms with Crippen LogP contribution in [0.1, 0.15) is 19.3 Å². The van der Waals surface area contributed by atoms with Crippen LogP contribution in [0.3, 0.4) is 0 Å². The molecule has 1 amide bonds. The summed E-state index contributed by atoms with van der Waals surface area (Å²) in [6.07, 6.45) is 4.80. The monoisotopic (exact) mass is 326 g/mol. The number of aromatic nitrogens is 1. The van der Waals surface area contributed by atoms with Gasteiger partial charge >= 0.3 is 0 Å². The zero-order valence-corrected chi connectivity index (χ0v) is 12.1. The summed E-state index contributed by atoms with van der Waals surface area (Å²) in [4.78, 5) is 23.8. The maximum atomic E-state index is 12.2. The Balaban J connectivity index is 1.75. The minimum Gasteiger partial charge on any atom is -0.374 e. The van der Waals surface area contributed by atoms with Crippen molar-refractivity contribution in [1.82, 2.24) is 4.57 Å². The lowest BCUT2D eigenvalue weighted by atomic mass is 9.88. The molecule has 3 atom stereocenters. The van der Waals surface area contributed by atoms with Crippen molar-refractivity contribution in [2.75, 3.05) is 5.32 Å². The minimum atomic E-state index is -0.124. The van der Waals surface area contributed by atoms with Crippen LogP contribution in [0.4, 0.5) is 5.69 Å². The summed E-state index contributed by atoms with van der Waals surface area (Å²) in [6.45, 7) is 0. The zero-order chi connectivity index (χ0) is 13.6. The number of carbonyl (C=O) groups excluding carboxylic acids is 1. The van der Waals surface area contributed by atoms with Crippen molar-refractivity contribution in [3.05, 3.63) is 27.1 Å². The number of carbonyl (C=O) groups is 1.